The van der Waals surface area contributed by atoms with E-state index in [1.165, 1.54) is 4.68 Å². The summed E-state index contributed by atoms with van der Waals surface area (Å²) in [6, 6.07) is 5.55. The second-order valence-electron chi connectivity index (χ2n) is 5.40. The van der Waals surface area contributed by atoms with Crippen molar-refractivity contribution in [1.29, 1.82) is 0 Å². The third kappa shape index (κ3) is 2.62. The van der Waals surface area contributed by atoms with Crippen LogP contribution < -0.4 is 5.69 Å². The minimum atomic E-state index is -0.0779. The molecule has 0 bridgehead atoms. The van der Waals surface area contributed by atoms with Gasteiger partial charge in [0.05, 0.1) is 6.54 Å². The molecular formula is C14H20N4O2. The minimum Gasteiger partial charge on any atom is -0.396 e. The van der Waals surface area contributed by atoms with Crippen LogP contribution in [0.5, 0.6) is 0 Å². The fourth-order valence-corrected chi connectivity index (χ4v) is 2.74. The normalized spacial score (nSPS) is 17.9. The molecule has 20 heavy (non-hydrogen) atoms. The maximum Gasteiger partial charge on any atom is 0.350 e. The van der Waals surface area contributed by atoms with Crippen LogP contribution in [0.15, 0.2) is 29.2 Å². The molecule has 108 valence electrons. The molecule has 0 spiro atoms. The van der Waals surface area contributed by atoms with Gasteiger partial charge in [0.25, 0.3) is 0 Å². The van der Waals surface area contributed by atoms with Crippen LogP contribution in [0.1, 0.15) is 12.8 Å². The van der Waals surface area contributed by atoms with E-state index in [-0.39, 0.29) is 5.69 Å². The smallest absolute Gasteiger partial charge is 0.350 e. The molecule has 0 aromatic carbocycles. The lowest BCUT2D eigenvalue weighted by molar-refractivity contribution is 0.128. The standard InChI is InChI=1S/C14H20N4O2/c19-11-12-4-7-16(8-5-12)9-10-18-14(20)17-6-2-1-3-13(17)15-18/h1-3,6,12,19H,4-5,7-11H2. The van der Waals surface area contributed by atoms with Gasteiger partial charge in [0, 0.05) is 19.3 Å². The Morgan fingerprint density at radius 1 is 1.25 bits per heavy atom. The minimum absolute atomic E-state index is 0.0779. The molecule has 1 saturated heterocycles. The summed E-state index contributed by atoms with van der Waals surface area (Å²) in [6.07, 6.45) is 3.82. The number of aliphatic hydroxyl groups is 1. The molecular weight excluding hydrogens is 256 g/mol. The van der Waals surface area contributed by atoms with Gasteiger partial charge in [0.2, 0.25) is 0 Å². The maximum atomic E-state index is 12.1. The van der Waals surface area contributed by atoms with Crippen LogP contribution in [0.25, 0.3) is 5.65 Å². The van der Waals surface area contributed by atoms with Crippen molar-refractivity contribution in [3.05, 3.63) is 34.9 Å². The third-order valence-corrected chi connectivity index (χ3v) is 4.08. The van der Waals surface area contributed by atoms with Gasteiger partial charge in [0.1, 0.15) is 0 Å². The van der Waals surface area contributed by atoms with Crippen LogP contribution in [0.2, 0.25) is 0 Å². The first kappa shape index (κ1) is 13.3. The molecule has 6 heteroatoms. The van der Waals surface area contributed by atoms with Crippen molar-refractivity contribution in [2.75, 3.05) is 26.2 Å². The molecule has 3 rings (SSSR count). The van der Waals surface area contributed by atoms with Crippen molar-refractivity contribution in [2.45, 2.75) is 19.4 Å². The van der Waals surface area contributed by atoms with E-state index in [4.69, 9.17) is 5.11 Å². The fourth-order valence-electron chi connectivity index (χ4n) is 2.74. The Morgan fingerprint density at radius 3 is 2.75 bits per heavy atom. The lowest BCUT2D eigenvalue weighted by Gasteiger charge is -2.30. The van der Waals surface area contributed by atoms with E-state index in [0.717, 1.165) is 32.5 Å². The molecule has 3 heterocycles. The summed E-state index contributed by atoms with van der Waals surface area (Å²) < 4.78 is 3.10. The van der Waals surface area contributed by atoms with Crippen LogP contribution in [0.4, 0.5) is 0 Å². The number of pyridine rings is 1. The van der Waals surface area contributed by atoms with Crippen molar-refractivity contribution < 1.29 is 5.11 Å². The number of aromatic nitrogens is 3. The van der Waals surface area contributed by atoms with E-state index in [0.29, 0.717) is 24.7 Å². The molecule has 0 unspecified atom stereocenters. The summed E-state index contributed by atoms with van der Waals surface area (Å²) in [5.41, 5.74) is 0.613. The average Bonchev–Trinajstić information content (AvgIpc) is 2.83. The number of nitrogens with zero attached hydrogens (tertiary/aromatic N) is 4. The van der Waals surface area contributed by atoms with Crippen LogP contribution >= 0.6 is 0 Å². The van der Waals surface area contributed by atoms with Gasteiger partial charge in [0.15, 0.2) is 5.65 Å². The largest absolute Gasteiger partial charge is 0.396 e. The molecule has 1 N–H and O–H groups in total. The molecule has 1 aliphatic rings. The number of likely N-dealkylation sites (tertiary alicyclic amines) is 1. The first-order valence-corrected chi connectivity index (χ1v) is 7.15. The predicted molar refractivity (Wildman–Crippen MR) is 75.7 cm³/mol. The molecule has 2 aromatic heterocycles. The second-order valence-corrected chi connectivity index (χ2v) is 5.40. The Balaban J connectivity index is 1.63. The number of rotatable bonds is 4. The molecule has 0 atom stereocenters. The third-order valence-electron chi connectivity index (χ3n) is 4.08. The highest BCUT2D eigenvalue weighted by Crippen LogP contribution is 2.15. The fraction of sp³-hybridized carbons (Fsp3) is 0.571. The van der Waals surface area contributed by atoms with E-state index in [1.807, 2.05) is 18.2 Å². The lowest BCUT2D eigenvalue weighted by Crippen LogP contribution is -2.38. The monoisotopic (exact) mass is 276 g/mol. The van der Waals surface area contributed by atoms with Gasteiger partial charge in [-0.1, -0.05) is 6.07 Å². The summed E-state index contributed by atoms with van der Waals surface area (Å²) in [4.78, 5) is 14.4. The van der Waals surface area contributed by atoms with E-state index in [2.05, 4.69) is 10.00 Å². The Bertz CT molecular complexity index is 625. The Labute approximate surface area is 117 Å². The number of hydrogen-bond donors (Lipinski definition) is 1. The molecule has 6 nitrogen and oxygen atoms in total. The molecule has 0 radical (unpaired) electrons. The zero-order valence-corrected chi connectivity index (χ0v) is 11.5. The van der Waals surface area contributed by atoms with E-state index < -0.39 is 0 Å². The number of hydrogen-bond acceptors (Lipinski definition) is 4. The summed E-state index contributed by atoms with van der Waals surface area (Å²) in [5, 5.41) is 13.5. The maximum absolute atomic E-state index is 12.1. The molecule has 1 fully saturated rings. The van der Waals surface area contributed by atoms with Gasteiger partial charge in [-0.25, -0.2) is 9.48 Å². The Morgan fingerprint density at radius 2 is 2.05 bits per heavy atom. The number of aliphatic hydroxyl groups excluding tert-OH is 1. The molecule has 0 aliphatic carbocycles. The Kier molecular flexibility index (Phi) is 3.84. The van der Waals surface area contributed by atoms with Gasteiger partial charge in [-0.15, -0.1) is 5.10 Å². The summed E-state index contributed by atoms with van der Waals surface area (Å²) >= 11 is 0. The summed E-state index contributed by atoms with van der Waals surface area (Å²) in [7, 11) is 0. The van der Waals surface area contributed by atoms with Gasteiger partial charge in [-0.05, 0) is 44.0 Å². The van der Waals surface area contributed by atoms with Crippen molar-refractivity contribution in [1.82, 2.24) is 19.1 Å². The summed E-state index contributed by atoms with van der Waals surface area (Å²) in [6.45, 7) is 3.73. The quantitative estimate of drug-likeness (QED) is 0.866. The van der Waals surface area contributed by atoms with E-state index in [9.17, 15) is 4.79 Å². The molecule has 0 saturated carbocycles. The zero-order chi connectivity index (χ0) is 13.9. The van der Waals surface area contributed by atoms with Gasteiger partial charge >= 0.3 is 5.69 Å². The number of fused-ring (bicyclic) bond motifs is 1. The SMILES string of the molecule is O=c1n(CCN2CCC(CO)CC2)nc2ccccn12. The molecule has 0 amide bonds. The lowest BCUT2D eigenvalue weighted by atomic mass is 9.98. The van der Waals surface area contributed by atoms with E-state index in [1.54, 1.807) is 10.6 Å². The van der Waals surface area contributed by atoms with Gasteiger partial charge in [-0.3, -0.25) is 4.40 Å². The van der Waals surface area contributed by atoms with Crippen molar-refractivity contribution in [3.8, 4) is 0 Å². The second kappa shape index (κ2) is 5.76. The number of piperidine rings is 1. The highest BCUT2D eigenvalue weighted by molar-refractivity contribution is 5.35. The van der Waals surface area contributed by atoms with Crippen LogP contribution in [-0.4, -0.2) is 50.4 Å². The van der Waals surface area contributed by atoms with Gasteiger partial charge in [-0.2, -0.15) is 0 Å². The van der Waals surface area contributed by atoms with Crippen molar-refractivity contribution in [3.63, 3.8) is 0 Å². The first-order chi connectivity index (χ1) is 9.78. The van der Waals surface area contributed by atoms with E-state index >= 15 is 0 Å². The molecule has 2 aromatic rings. The highest BCUT2D eigenvalue weighted by atomic mass is 16.3. The van der Waals surface area contributed by atoms with Crippen LogP contribution in [-0.2, 0) is 6.54 Å². The van der Waals surface area contributed by atoms with Crippen molar-refractivity contribution >= 4 is 5.65 Å². The van der Waals surface area contributed by atoms with Crippen LogP contribution in [0.3, 0.4) is 0 Å². The van der Waals surface area contributed by atoms with Gasteiger partial charge < -0.3 is 10.0 Å². The average molecular weight is 276 g/mol. The zero-order valence-electron chi connectivity index (χ0n) is 11.5. The Hall–Kier alpha value is -1.66. The highest BCUT2D eigenvalue weighted by Gasteiger charge is 2.18. The van der Waals surface area contributed by atoms with Crippen molar-refractivity contribution in [2.24, 2.45) is 5.92 Å². The van der Waals surface area contributed by atoms with Crippen LogP contribution in [0, 0.1) is 5.92 Å². The first-order valence-electron chi connectivity index (χ1n) is 7.15. The molecule has 1 aliphatic heterocycles. The predicted octanol–water partition coefficient (Wildman–Crippen LogP) is 0.200. The summed E-state index contributed by atoms with van der Waals surface area (Å²) in [5.74, 6) is 0.448. The topological polar surface area (TPSA) is 62.8 Å².